The summed E-state index contributed by atoms with van der Waals surface area (Å²) in [6.45, 7) is 0. The van der Waals surface area contributed by atoms with Gasteiger partial charge in [-0.3, -0.25) is 9.80 Å². The molecule has 0 amide bonds. The van der Waals surface area contributed by atoms with E-state index in [9.17, 15) is 4.79 Å². The minimum atomic E-state index is -0.286. The minimum absolute atomic E-state index is 0.0931. The molecule has 10 heteroatoms. The number of hydrogen-bond donors (Lipinski definition) is 2. The fraction of sp³-hybridized carbons (Fsp3) is 0.161. The fourth-order valence-electron chi connectivity index (χ4n) is 4.79. The van der Waals surface area contributed by atoms with E-state index >= 15 is 0 Å². The number of ether oxygens (including phenoxy) is 3. The summed E-state index contributed by atoms with van der Waals surface area (Å²) in [7, 11) is 4.65. The molecule has 1 atom stereocenters. The number of nitrogen functional groups attached to an aromatic ring is 2. The molecule has 0 bridgehead atoms. The molecule has 0 radical (unpaired) electrons. The van der Waals surface area contributed by atoms with Crippen molar-refractivity contribution < 1.29 is 19.0 Å². The summed E-state index contributed by atoms with van der Waals surface area (Å²) in [4.78, 5) is 21.7. The highest BCUT2D eigenvalue weighted by atomic mass is 16.5. The van der Waals surface area contributed by atoms with Crippen molar-refractivity contribution in [2.75, 3.05) is 32.8 Å². The Morgan fingerprint density at radius 1 is 1.00 bits per heavy atom. The summed E-state index contributed by atoms with van der Waals surface area (Å²) in [5.41, 5.74) is 16.5. The number of carbonyl (C=O) groups excluding carboxylic acids is 1. The molecule has 41 heavy (non-hydrogen) atoms. The number of anilines is 2. The third-order valence-electron chi connectivity index (χ3n) is 6.81. The van der Waals surface area contributed by atoms with Crippen molar-refractivity contribution in [3.8, 4) is 17.2 Å². The Morgan fingerprint density at radius 3 is 2.49 bits per heavy atom. The van der Waals surface area contributed by atoms with Crippen LogP contribution < -0.4 is 25.7 Å². The van der Waals surface area contributed by atoms with Gasteiger partial charge in [0, 0.05) is 36.0 Å². The van der Waals surface area contributed by atoms with Gasteiger partial charge >= 0.3 is 0 Å². The summed E-state index contributed by atoms with van der Waals surface area (Å²) in [5, 5.41) is 6.41. The van der Waals surface area contributed by atoms with E-state index in [0.29, 0.717) is 29.0 Å². The Hall–Kier alpha value is -5.38. The normalized spacial score (nSPS) is 14.1. The van der Waals surface area contributed by atoms with Crippen molar-refractivity contribution in [2.45, 2.75) is 12.5 Å². The fourth-order valence-corrected chi connectivity index (χ4v) is 4.79. The van der Waals surface area contributed by atoms with Crippen molar-refractivity contribution in [3.05, 3.63) is 113 Å². The molecule has 0 spiro atoms. The number of fused-ring (bicyclic) bond motifs is 1. The SMILES string of the molecule is COc1ccc(C2c3ccccc3C=NN2/C=C/C(=O)c2cc(Cc3cnc(N)nc3N)cc(OC)c2OC)cc1. The molecule has 10 nitrogen and oxygen atoms in total. The van der Waals surface area contributed by atoms with Crippen molar-refractivity contribution >= 4 is 23.8 Å². The number of allylic oxidation sites excluding steroid dienone is 1. The number of hydrogen-bond acceptors (Lipinski definition) is 10. The third-order valence-corrected chi connectivity index (χ3v) is 6.81. The molecule has 0 saturated carbocycles. The van der Waals surface area contributed by atoms with Gasteiger partial charge in [0.2, 0.25) is 5.95 Å². The van der Waals surface area contributed by atoms with E-state index in [1.54, 1.807) is 42.9 Å². The van der Waals surface area contributed by atoms with E-state index in [4.69, 9.17) is 25.7 Å². The number of aromatic nitrogens is 2. The molecule has 0 aliphatic carbocycles. The monoisotopic (exact) mass is 550 g/mol. The van der Waals surface area contributed by atoms with Crippen molar-refractivity contribution in [1.82, 2.24) is 15.0 Å². The predicted molar refractivity (Wildman–Crippen MR) is 157 cm³/mol. The molecule has 1 aromatic heterocycles. The van der Waals surface area contributed by atoms with Crippen LogP contribution in [0.15, 0.2) is 84.2 Å². The highest BCUT2D eigenvalue weighted by Crippen LogP contribution is 2.36. The van der Waals surface area contributed by atoms with Crippen molar-refractivity contribution in [1.29, 1.82) is 0 Å². The molecule has 4 N–H and O–H groups in total. The number of nitrogens with zero attached hydrogens (tertiary/aromatic N) is 4. The largest absolute Gasteiger partial charge is 0.497 e. The van der Waals surface area contributed by atoms with Crippen LogP contribution in [-0.2, 0) is 6.42 Å². The summed E-state index contributed by atoms with van der Waals surface area (Å²) in [6.07, 6.45) is 6.87. The zero-order valence-corrected chi connectivity index (χ0v) is 22.9. The highest BCUT2D eigenvalue weighted by Gasteiger charge is 2.26. The molecule has 0 saturated heterocycles. The van der Waals surface area contributed by atoms with E-state index in [1.807, 2.05) is 42.5 Å². The number of benzene rings is 3. The van der Waals surface area contributed by atoms with Gasteiger partial charge in [-0.2, -0.15) is 10.1 Å². The molecule has 1 unspecified atom stereocenters. The lowest BCUT2D eigenvalue weighted by Gasteiger charge is -2.31. The average Bonchev–Trinajstić information content (AvgIpc) is 3.00. The predicted octanol–water partition coefficient (Wildman–Crippen LogP) is 4.39. The molecule has 4 aromatic rings. The van der Waals surface area contributed by atoms with Gasteiger partial charge in [-0.15, -0.1) is 0 Å². The number of ketones is 1. The van der Waals surface area contributed by atoms with E-state index in [1.165, 1.54) is 20.3 Å². The molecule has 208 valence electrons. The first-order valence-electron chi connectivity index (χ1n) is 12.8. The van der Waals surface area contributed by atoms with Gasteiger partial charge in [0.1, 0.15) is 17.6 Å². The Balaban J connectivity index is 1.49. The van der Waals surface area contributed by atoms with Crippen LogP contribution in [0.4, 0.5) is 11.8 Å². The van der Waals surface area contributed by atoms with Gasteiger partial charge in [-0.05, 0) is 41.0 Å². The number of rotatable bonds is 9. The molecule has 0 fully saturated rings. The zero-order valence-electron chi connectivity index (χ0n) is 22.9. The third kappa shape index (κ3) is 5.67. The van der Waals surface area contributed by atoms with E-state index in [-0.39, 0.29) is 23.6 Å². The maximum atomic E-state index is 13.6. The molecule has 3 aromatic carbocycles. The van der Waals surface area contributed by atoms with E-state index in [0.717, 1.165) is 28.0 Å². The first-order valence-corrected chi connectivity index (χ1v) is 12.8. The molecule has 1 aliphatic heterocycles. The van der Waals surface area contributed by atoms with Gasteiger partial charge in [0.05, 0.1) is 33.1 Å². The number of carbonyl (C=O) groups is 1. The second-order valence-electron chi connectivity index (χ2n) is 9.30. The van der Waals surface area contributed by atoms with Gasteiger partial charge in [0.25, 0.3) is 0 Å². The smallest absolute Gasteiger partial charge is 0.221 e. The Bertz CT molecular complexity index is 1630. The second-order valence-corrected chi connectivity index (χ2v) is 9.30. The van der Waals surface area contributed by atoms with Crippen LogP contribution in [0.1, 0.15) is 44.2 Å². The standard InChI is InChI=1S/C31H30N6O4/c1-39-23-10-8-20(9-11-23)28-24-7-5-4-6-21(24)18-35-37(28)13-12-26(38)25-15-19(16-27(40-2)29(25)41-3)14-22-17-34-31(33)36-30(22)32/h4-13,15-18,28H,14H2,1-3H3,(H4,32,33,34,36)/b13-12+. The number of nitrogens with two attached hydrogens (primary N) is 2. The van der Waals surface area contributed by atoms with Crippen molar-refractivity contribution in [2.24, 2.45) is 5.10 Å². The van der Waals surface area contributed by atoms with Gasteiger partial charge in [-0.25, -0.2) is 4.98 Å². The van der Waals surface area contributed by atoms with E-state index < -0.39 is 0 Å². The van der Waals surface area contributed by atoms with Crippen LogP contribution in [0, 0.1) is 0 Å². The summed E-state index contributed by atoms with van der Waals surface area (Å²) < 4.78 is 16.5. The topological polar surface area (TPSA) is 138 Å². The van der Waals surface area contributed by atoms with Gasteiger partial charge in [-0.1, -0.05) is 36.4 Å². The lowest BCUT2D eigenvalue weighted by molar-refractivity contribution is 0.104. The summed E-state index contributed by atoms with van der Waals surface area (Å²) >= 11 is 0. The van der Waals surface area contributed by atoms with Crippen molar-refractivity contribution in [3.63, 3.8) is 0 Å². The maximum Gasteiger partial charge on any atom is 0.221 e. The van der Waals surface area contributed by atoms with Crippen LogP contribution in [-0.4, -0.2) is 48.3 Å². The Labute approximate surface area is 237 Å². The van der Waals surface area contributed by atoms with Crippen LogP contribution in [0.3, 0.4) is 0 Å². The Morgan fingerprint density at radius 2 is 1.78 bits per heavy atom. The number of methoxy groups -OCH3 is 3. The number of hydrazone groups is 1. The molecular weight excluding hydrogens is 520 g/mol. The molecule has 1 aliphatic rings. The minimum Gasteiger partial charge on any atom is -0.497 e. The first-order chi connectivity index (χ1) is 19.9. The maximum absolute atomic E-state index is 13.6. The highest BCUT2D eigenvalue weighted by molar-refractivity contribution is 6.07. The van der Waals surface area contributed by atoms with Gasteiger partial charge in [0.15, 0.2) is 17.3 Å². The summed E-state index contributed by atoms with van der Waals surface area (Å²) in [6, 6.07) is 19.1. The molecular formula is C31H30N6O4. The zero-order chi connectivity index (χ0) is 28.9. The second kappa shape index (κ2) is 11.8. The van der Waals surface area contributed by atoms with Crippen LogP contribution in [0.2, 0.25) is 0 Å². The van der Waals surface area contributed by atoms with E-state index in [2.05, 4.69) is 21.1 Å². The average molecular weight is 551 g/mol. The van der Waals surface area contributed by atoms with Crippen LogP contribution in [0.5, 0.6) is 17.2 Å². The lowest BCUT2D eigenvalue weighted by atomic mass is 9.93. The van der Waals surface area contributed by atoms with Gasteiger partial charge < -0.3 is 25.7 Å². The van der Waals surface area contributed by atoms with Crippen LogP contribution in [0.25, 0.3) is 0 Å². The molecule has 5 rings (SSSR count). The Kier molecular flexibility index (Phi) is 7.82. The quantitative estimate of drug-likeness (QED) is 0.229. The van der Waals surface area contributed by atoms with Crippen LogP contribution >= 0.6 is 0 Å². The summed E-state index contributed by atoms with van der Waals surface area (Å²) in [5.74, 6) is 1.57. The first kappa shape index (κ1) is 27.2. The lowest BCUT2D eigenvalue weighted by Crippen LogP contribution is -2.25. The molecule has 2 heterocycles.